The first-order valence-electron chi connectivity index (χ1n) is 26.2. The smallest absolute Gasteiger partial charge is 0.274 e. The first-order valence-corrected chi connectivity index (χ1v) is 30.0. The van der Waals surface area contributed by atoms with Crippen LogP contribution < -0.4 is 39.0 Å². The Hall–Kier alpha value is -6.33. The number of Topliss-reactive ketones (excluding diaryl/α,β-unsaturated/α-hetero) is 1. The molecule has 2 N–H and O–H groups in total. The Balaban J connectivity index is 1.01. The van der Waals surface area contributed by atoms with Gasteiger partial charge in [-0.3, -0.25) is 28.8 Å². The van der Waals surface area contributed by atoms with Crippen molar-refractivity contribution in [2.24, 2.45) is 4.99 Å². The standard InChI is InChI=1S/C58H67N5O13S3/c1-37(64)55(79(67,68)69)15-22-77-78-58(2,3)36-61(16-17-73-20-21-74-19-18-70-4)42-24-38(34-75-53-30-47-45(28-51(53)71-5)56(65)62-43(32-59-47)26-40-11-7-9-13-49(40)62)23-39(25-42)35-76-54-31-48-46(29-52(54)72-6)57(66)63-44(33-60-48)27-41-12-8-10-14-50(41)63/h7-14,23-25,28-32,43-44,55,60H,15-22,26-27,33-36H2,1-6H3,(H,67,68,69)/t43-,44-,55?/m0/s1. The fourth-order valence-corrected chi connectivity index (χ4v) is 13.9. The van der Waals surface area contributed by atoms with Crippen molar-refractivity contribution in [3.63, 3.8) is 0 Å². The predicted octanol–water partition coefficient (Wildman–Crippen LogP) is 9.03. The maximum absolute atomic E-state index is 14.3. The van der Waals surface area contributed by atoms with Crippen molar-refractivity contribution < 1.29 is 60.5 Å². The highest BCUT2D eigenvalue weighted by atomic mass is 33.1. The molecule has 5 aromatic rings. The zero-order valence-corrected chi connectivity index (χ0v) is 47.7. The monoisotopic (exact) mass is 1140 g/mol. The number of hydrogen-bond acceptors (Lipinski definition) is 17. The lowest BCUT2D eigenvalue weighted by molar-refractivity contribution is -0.116. The third-order valence-corrected chi connectivity index (χ3v) is 18.7. The van der Waals surface area contributed by atoms with E-state index >= 15 is 0 Å². The molecule has 420 valence electrons. The van der Waals surface area contributed by atoms with E-state index in [-0.39, 0.29) is 43.5 Å². The maximum Gasteiger partial charge on any atom is 0.274 e. The van der Waals surface area contributed by atoms with Crippen LogP contribution in [-0.4, -0.2) is 139 Å². The molecule has 4 heterocycles. The predicted molar refractivity (Wildman–Crippen MR) is 310 cm³/mol. The Morgan fingerprint density at radius 2 is 1.39 bits per heavy atom. The normalized spacial score (nSPS) is 16.6. The molecular formula is C58H67N5O13S3. The summed E-state index contributed by atoms with van der Waals surface area (Å²) in [5.74, 6) is 1.00. The fraction of sp³-hybridized carbons (Fsp3) is 0.414. The van der Waals surface area contributed by atoms with Gasteiger partial charge in [0.2, 0.25) is 0 Å². The van der Waals surface area contributed by atoms with Gasteiger partial charge in [-0.15, -0.1) is 0 Å². The summed E-state index contributed by atoms with van der Waals surface area (Å²) in [6.07, 6.45) is 3.19. The van der Waals surface area contributed by atoms with Crippen molar-refractivity contribution in [2.45, 2.75) is 75.3 Å². The van der Waals surface area contributed by atoms with Gasteiger partial charge in [0.1, 0.15) is 24.2 Å². The molecule has 0 radical (unpaired) electrons. The number of para-hydroxylation sites is 2. The Morgan fingerprint density at radius 1 is 0.785 bits per heavy atom. The van der Waals surface area contributed by atoms with Crippen LogP contribution >= 0.6 is 21.6 Å². The highest BCUT2D eigenvalue weighted by molar-refractivity contribution is 8.77. The van der Waals surface area contributed by atoms with Crippen LogP contribution in [0.25, 0.3) is 0 Å². The van der Waals surface area contributed by atoms with Crippen molar-refractivity contribution in [2.75, 3.05) is 99.8 Å². The molecule has 0 bridgehead atoms. The van der Waals surface area contributed by atoms with Crippen molar-refractivity contribution in [3.05, 3.63) is 124 Å². The molecule has 5 aromatic carbocycles. The van der Waals surface area contributed by atoms with E-state index in [4.69, 9.17) is 38.2 Å². The van der Waals surface area contributed by atoms with E-state index in [1.54, 1.807) is 48.1 Å². The van der Waals surface area contributed by atoms with Gasteiger partial charge in [-0.25, -0.2) is 0 Å². The molecule has 1 unspecified atom stereocenters. The minimum atomic E-state index is -4.54. The zero-order chi connectivity index (χ0) is 55.8. The highest BCUT2D eigenvalue weighted by Crippen LogP contribution is 2.44. The van der Waals surface area contributed by atoms with Crippen LogP contribution in [0.1, 0.15) is 70.2 Å². The summed E-state index contributed by atoms with van der Waals surface area (Å²) < 4.78 is 75.1. The second kappa shape index (κ2) is 25.4. The number of anilines is 4. The van der Waals surface area contributed by atoms with Crippen LogP contribution in [0.5, 0.6) is 23.0 Å². The Bertz CT molecular complexity index is 3190. The molecule has 21 heteroatoms. The summed E-state index contributed by atoms with van der Waals surface area (Å²) >= 11 is 0. The molecule has 4 aliphatic heterocycles. The molecule has 9 rings (SSSR count). The van der Waals surface area contributed by atoms with Gasteiger partial charge in [0, 0.05) is 79.1 Å². The second-order valence-electron chi connectivity index (χ2n) is 20.3. The number of carbonyl (C=O) groups excluding carboxylic acids is 3. The van der Waals surface area contributed by atoms with Crippen molar-refractivity contribution in [1.82, 2.24) is 0 Å². The maximum atomic E-state index is 14.3. The molecule has 3 atom stereocenters. The molecule has 0 aliphatic carbocycles. The quantitative estimate of drug-likeness (QED) is 0.0286. The van der Waals surface area contributed by atoms with Crippen LogP contribution in [-0.2, 0) is 55.2 Å². The number of hydrogen-bond donors (Lipinski definition) is 2. The Labute approximate surface area is 469 Å². The highest BCUT2D eigenvalue weighted by Gasteiger charge is 2.39. The summed E-state index contributed by atoms with van der Waals surface area (Å²) in [5, 5.41) is 2.03. The van der Waals surface area contributed by atoms with E-state index in [0.717, 1.165) is 45.7 Å². The van der Waals surface area contributed by atoms with Gasteiger partial charge in [0.25, 0.3) is 21.9 Å². The Morgan fingerprint density at radius 3 is 2.05 bits per heavy atom. The van der Waals surface area contributed by atoms with Crippen molar-refractivity contribution in [3.8, 4) is 23.0 Å². The third kappa shape index (κ3) is 13.5. The lowest BCUT2D eigenvalue weighted by Crippen LogP contribution is -2.39. The van der Waals surface area contributed by atoms with Crippen molar-refractivity contribution >= 4 is 84.0 Å². The van der Waals surface area contributed by atoms with Gasteiger partial charge in [-0.1, -0.05) is 58.0 Å². The van der Waals surface area contributed by atoms with Crippen LogP contribution in [0.15, 0.2) is 96.0 Å². The number of benzene rings is 5. The van der Waals surface area contributed by atoms with Gasteiger partial charge in [0.15, 0.2) is 23.0 Å². The molecule has 0 saturated heterocycles. The molecule has 0 spiro atoms. The van der Waals surface area contributed by atoms with E-state index < -0.39 is 25.9 Å². The van der Waals surface area contributed by atoms with E-state index in [9.17, 15) is 27.4 Å². The summed E-state index contributed by atoms with van der Waals surface area (Å²) in [4.78, 5) is 51.3. The summed E-state index contributed by atoms with van der Waals surface area (Å²) in [6, 6.07) is 28.7. The number of nitrogens with zero attached hydrogens (tertiary/aromatic N) is 4. The Kier molecular flexibility index (Phi) is 18.5. The number of nitrogens with one attached hydrogen (secondary N) is 1. The molecule has 0 saturated carbocycles. The molecule has 79 heavy (non-hydrogen) atoms. The minimum absolute atomic E-state index is 0.0304. The largest absolute Gasteiger partial charge is 0.493 e. The van der Waals surface area contributed by atoms with Gasteiger partial charge in [-0.2, -0.15) is 8.42 Å². The number of amides is 2. The summed E-state index contributed by atoms with van der Waals surface area (Å²) in [7, 11) is 3.14. The number of rotatable bonds is 27. The first kappa shape index (κ1) is 57.4. The molecule has 0 fully saturated rings. The van der Waals surface area contributed by atoms with Gasteiger partial charge in [0.05, 0.1) is 81.8 Å². The number of ketones is 1. The number of aliphatic imine (C=N–C) groups is 1. The molecule has 4 aliphatic rings. The van der Waals surface area contributed by atoms with E-state index in [0.29, 0.717) is 110 Å². The van der Waals surface area contributed by atoms with Gasteiger partial charge < -0.3 is 48.3 Å². The van der Waals surface area contributed by atoms with Crippen LogP contribution in [0, 0.1) is 0 Å². The molecule has 2 amide bonds. The van der Waals surface area contributed by atoms with E-state index in [1.807, 2.05) is 77.8 Å². The van der Waals surface area contributed by atoms with Crippen LogP contribution in [0.3, 0.4) is 0 Å². The van der Waals surface area contributed by atoms with Crippen LogP contribution in [0.4, 0.5) is 28.4 Å². The van der Waals surface area contributed by atoms with Gasteiger partial charge >= 0.3 is 0 Å². The first-order chi connectivity index (χ1) is 38.0. The lowest BCUT2D eigenvalue weighted by Gasteiger charge is -2.34. The number of methoxy groups -OCH3 is 3. The molecule has 18 nitrogen and oxygen atoms in total. The summed E-state index contributed by atoms with van der Waals surface area (Å²) in [5.41, 5.74) is 8.38. The van der Waals surface area contributed by atoms with Crippen LogP contribution in [0.2, 0.25) is 0 Å². The van der Waals surface area contributed by atoms with Gasteiger partial charge in [-0.05, 0) is 98.3 Å². The number of fused-ring (bicyclic) bond motifs is 8. The fourth-order valence-electron chi connectivity index (χ4n) is 10.4. The number of carbonyl (C=O) groups is 3. The molecular weight excluding hydrogens is 1070 g/mol. The molecule has 0 aromatic heterocycles. The van der Waals surface area contributed by atoms with Crippen molar-refractivity contribution in [1.29, 1.82) is 0 Å². The summed E-state index contributed by atoms with van der Waals surface area (Å²) in [6.45, 7) is 9.02. The van der Waals surface area contributed by atoms with E-state index in [2.05, 4.69) is 30.1 Å². The topological polar surface area (TPSA) is 204 Å². The third-order valence-electron chi connectivity index (χ3n) is 14.1. The zero-order valence-electron chi connectivity index (χ0n) is 45.2. The van der Waals surface area contributed by atoms with E-state index in [1.165, 1.54) is 24.8 Å². The second-order valence-corrected chi connectivity index (χ2v) is 25.0. The number of ether oxygens (including phenoxy) is 7. The SMILES string of the molecule is COCCOCCOCCN(CC(C)(C)SSCCC(C(C)=O)S(=O)(=O)O)c1cc(COc2cc3c(cc2OC)C(=O)N2c4ccccc4C[C@H]2C=N3)cc(COc2cc3c(cc2OC)C(=O)N2c4ccccc4C[C@H]2CN3)c1. The lowest BCUT2D eigenvalue weighted by atomic mass is 10.1. The average Bonchev–Trinajstić information content (AvgIpc) is 4.15. The minimum Gasteiger partial charge on any atom is -0.493 e. The average molecular weight is 1140 g/mol.